The highest BCUT2D eigenvalue weighted by atomic mass is 32.2. The van der Waals surface area contributed by atoms with Gasteiger partial charge >= 0.3 is 10.8 Å². The summed E-state index contributed by atoms with van der Waals surface area (Å²) in [7, 11) is 0. The molecule has 3 heterocycles. The summed E-state index contributed by atoms with van der Waals surface area (Å²) in [6.45, 7) is 2.02. The van der Waals surface area contributed by atoms with E-state index in [9.17, 15) is 19.2 Å². The molecule has 3 fully saturated rings. The van der Waals surface area contributed by atoms with Crippen molar-refractivity contribution in [3.8, 4) is 11.1 Å². The van der Waals surface area contributed by atoms with Crippen molar-refractivity contribution in [2.24, 2.45) is 29.6 Å². The third kappa shape index (κ3) is 4.01. The molecule has 0 spiro atoms. The number of thioether (sulfide) groups is 1. The molecule has 5 unspecified atom stereocenters. The van der Waals surface area contributed by atoms with E-state index < -0.39 is 5.97 Å². The number of nitrogens with zero attached hydrogens (tertiary/aromatic N) is 1. The Labute approximate surface area is 256 Å². The predicted molar refractivity (Wildman–Crippen MR) is 165 cm³/mol. The minimum Gasteiger partial charge on any atom is -0.462 e. The van der Waals surface area contributed by atoms with Crippen LogP contribution in [0.4, 0.5) is 5.69 Å². The lowest BCUT2D eigenvalue weighted by molar-refractivity contribution is -0.123. The molecule has 9 heteroatoms. The Bertz CT molecular complexity index is 1810. The zero-order valence-electron chi connectivity index (χ0n) is 23.3. The second-order valence-electron chi connectivity index (χ2n) is 11.7. The smallest absolute Gasteiger partial charge is 0.338 e. The molecule has 216 valence electrons. The van der Waals surface area contributed by atoms with Crippen LogP contribution in [-0.2, 0) is 14.3 Å². The number of nitrogens with one attached hydrogen (secondary N) is 1. The van der Waals surface area contributed by atoms with Crippen LogP contribution in [0.1, 0.15) is 40.1 Å². The molecule has 1 N–H and O–H groups in total. The summed E-state index contributed by atoms with van der Waals surface area (Å²) in [5.41, 5.74) is 4.28. The first kappa shape index (κ1) is 26.7. The molecule has 43 heavy (non-hydrogen) atoms. The van der Waals surface area contributed by atoms with Crippen LogP contribution in [0.2, 0.25) is 0 Å². The Hall–Kier alpha value is -3.95. The second-order valence-corrected chi connectivity index (χ2v) is 13.9. The summed E-state index contributed by atoms with van der Waals surface area (Å²) in [4.78, 5) is 58.0. The number of benzene rings is 3. The first-order valence-corrected chi connectivity index (χ1v) is 16.3. The van der Waals surface area contributed by atoms with E-state index in [0.717, 1.165) is 33.0 Å². The van der Waals surface area contributed by atoms with Crippen LogP contribution in [-0.4, -0.2) is 34.6 Å². The molecule has 1 aromatic heterocycles. The van der Waals surface area contributed by atoms with E-state index in [1.54, 1.807) is 43.0 Å². The first-order chi connectivity index (χ1) is 20.9. The van der Waals surface area contributed by atoms with Crippen molar-refractivity contribution in [1.82, 2.24) is 4.98 Å². The SMILES string of the molecule is CCOC(=O)c1ccc(N2C(=O)C3C(C2=O)[C@@H]2C[C@H]3C3Sc4[nH]c(=O)sc4C(c4ccc(-c5ccccc5)cc4)C32)cc1. The van der Waals surface area contributed by atoms with Crippen LogP contribution in [0.5, 0.6) is 0 Å². The number of hydrogen-bond acceptors (Lipinski definition) is 7. The Kier molecular flexibility index (Phi) is 6.24. The van der Waals surface area contributed by atoms with Crippen molar-refractivity contribution in [3.63, 3.8) is 0 Å². The number of aromatic nitrogens is 1. The fourth-order valence-corrected chi connectivity index (χ4v) is 11.0. The van der Waals surface area contributed by atoms with Gasteiger partial charge in [-0.2, -0.15) is 0 Å². The number of fused-ring (bicyclic) bond motifs is 9. The summed E-state index contributed by atoms with van der Waals surface area (Å²) < 4.78 is 5.08. The molecule has 0 radical (unpaired) electrons. The number of ether oxygens (including phenoxy) is 1. The van der Waals surface area contributed by atoms with Gasteiger partial charge in [-0.05, 0) is 72.1 Å². The number of carbonyl (C=O) groups is 3. The highest BCUT2D eigenvalue weighted by Gasteiger charge is 2.69. The predicted octanol–water partition coefficient (Wildman–Crippen LogP) is 5.96. The number of carbonyl (C=O) groups excluding carboxylic acids is 3. The van der Waals surface area contributed by atoms with Gasteiger partial charge in [-0.15, -0.1) is 11.8 Å². The second kappa shape index (κ2) is 10.1. The van der Waals surface area contributed by atoms with Gasteiger partial charge in [0.1, 0.15) is 0 Å². The molecule has 2 aliphatic carbocycles. The van der Waals surface area contributed by atoms with Gasteiger partial charge in [-0.3, -0.25) is 19.3 Å². The number of rotatable bonds is 5. The maximum absolute atomic E-state index is 14.0. The number of aromatic amines is 1. The van der Waals surface area contributed by atoms with E-state index in [0.29, 0.717) is 11.3 Å². The number of anilines is 1. The molecular formula is C34H28N2O5S2. The summed E-state index contributed by atoms with van der Waals surface area (Å²) >= 11 is 2.96. The Morgan fingerprint density at radius 2 is 1.56 bits per heavy atom. The molecule has 3 aromatic carbocycles. The van der Waals surface area contributed by atoms with Crippen molar-refractivity contribution in [2.45, 2.75) is 29.5 Å². The van der Waals surface area contributed by atoms with Gasteiger partial charge in [0, 0.05) is 16.0 Å². The highest BCUT2D eigenvalue weighted by molar-refractivity contribution is 8.00. The summed E-state index contributed by atoms with van der Waals surface area (Å²) in [6, 6.07) is 25.4. The fraction of sp³-hybridized carbons (Fsp3) is 0.294. The Morgan fingerprint density at radius 3 is 2.26 bits per heavy atom. The van der Waals surface area contributed by atoms with E-state index in [1.165, 1.54) is 16.2 Å². The Morgan fingerprint density at radius 1 is 0.884 bits per heavy atom. The minimum absolute atomic E-state index is 0.0215. The third-order valence-electron chi connectivity index (χ3n) is 9.74. The molecule has 2 amide bonds. The molecule has 7 nitrogen and oxygen atoms in total. The zero-order valence-corrected chi connectivity index (χ0v) is 24.9. The molecule has 7 atom stereocenters. The summed E-state index contributed by atoms with van der Waals surface area (Å²) in [5.74, 6) is -1.29. The maximum Gasteiger partial charge on any atom is 0.338 e. The van der Waals surface area contributed by atoms with Gasteiger partial charge in [0.05, 0.1) is 34.7 Å². The number of imide groups is 1. The van der Waals surface area contributed by atoms with Gasteiger partial charge in [0.2, 0.25) is 11.8 Å². The number of esters is 1. The average molecular weight is 609 g/mol. The molecule has 2 bridgehead atoms. The molecule has 4 aromatic rings. The van der Waals surface area contributed by atoms with Crippen molar-refractivity contribution < 1.29 is 19.1 Å². The standard InChI is InChI=1S/C34H28N2O5S2/c1-2-41-33(39)20-12-14-21(15-13-20)36-31(37)26-22-16-23(27(26)32(36)38)28-25(22)24(29-30(42-28)35-34(40)43-29)19-10-8-18(9-11-19)17-6-4-3-5-7-17/h3-15,22-28H,2,16H2,1H3,(H,35,40)/t22-,23-,24?,25?,26?,27?,28?/m1/s1. The molecule has 1 saturated heterocycles. The van der Waals surface area contributed by atoms with Crippen molar-refractivity contribution in [3.05, 3.63) is 105 Å². The lowest BCUT2D eigenvalue weighted by Gasteiger charge is -2.43. The monoisotopic (exact) mass is 608 g/mol. The Balaban J connectivity index is 1.14. The fourth-order valence-electron chi connectivity index (χ4n) is 8.12. The van der Waals surface area contributed by atoms with Crippen LogP contribution >= 0.6 is 23.1 Å². The zero-order chi connectivity index (χ0) is 29.4. The molecule has 2 saturated carbocycles. The molecule has 4 aliphatic rings. The summed E-state index contributed by atoms with van der Waals surface area (Å²) in [6.07, 6.45) is 0.836. The molecule has 8 rings (SSSR count). The lowest BCUT2D eigenvalue weighted by Crippen LogP contribution is -2.42. The molecule has 2 aliphatic heterocycles. The quantitative estimate of drug-likeness (QED) is 0.222. The number of hydrogen-bond donors (Lipinski definition) is 1. The van der Waals surface area contributed by atoms with Crippen LogP contribution in [0.15, 0.2) is 88.7 Å². The van der Waals surface area contributed by atoms with E-state index in [1.807, 2.05) is 18.2 Å². The minimum atomic E-state index is -0.433. The van der Waals surface area contributed by atoms with Crippen LogP contribution in [0.25, 0.3) is 11.1 Å². The van der Waals surface area contributed by atoms with E-state index in [4.69, 9.17) is 4.74 Å². The lowest BCUT2D eigenvalue weighted by atomic mass is 9.68. The van der Waals surface area contributed by atoms with Crippen LogP contribution in [0, 0.1) is 29.6 Å². The van der Waals surface area contributed by atoms with Gasteiger partial charge < -0.3 is 9.72 Å². The number of thiazole rings is 1. The largest absolute Gasteiger partial charge is 0.462 e. The van der Waals surface area contributed by atoms with Crippen LogP contribution in [0.3, 0.4) is 0 Å². The van der Waals surface area contributed by atoms with E-state index in [-0.39, 0.29) is 64.1 Å². The van der Waals surface area contributed by atoms with Gasteiger partial charge in [0.15, 0.2) is 0 Å². The topological polar surface area (TPSA) is 96.5 Å². The van der Waals surface area contributed by atoms with Crippen LogP contribution < -0.4 is 9.77 Å². The van der Waals surface area contributed by atoms with Crippen molar-refractivity contribution in [1.29, 1.82) is 0 Å². The average Bonchev–Trinajstić information content (AvgIpc) is 3.76. The number of H-pyrrole nitrogens is 1. The van der Waals surface area contributed by atoms with E-state index in [2.05, 4.69) is 41.4 Å². The number of amides is 2. The normalized spacial score (nSPS) is 28.5. The molecular weight excluding hydrogens is 581 g/mol. The van der Waals surface area contributed by atoms with Gasteiger partial charge in [0.25, 0.3) is 0 Å². The van der Waals surface area contributed by atoms with Crippen molar-refractivity contribution >= 4 is 46.6 Å². The summed E-state index contributed by atoms with van der Waals surface area (Å²) in [5, 5.41) is 1.03. The van der Waals surface area contributed by atoms with Gasteiger partial charge in [-0.25, -0.2) is 4.79 Å². The first-order valence-electron chi connectivity index (χ1n) is 14.6. The van der Waals surface area contributed by atoms with Crippen molar-refractivity contribution in [2.75, 3.05) is 11.5 Å². The van der Waals surface area contributed by atoms with E-state index >= 15 is 0 Å². The highest BCUT2D eigenvalue weighted by Crippen LogP contribution is 2.68. The third-order valence-corrected chi connectivity index (χ3v) is 12.3. The maximum atomic E-state index is 14.0. The van der Waals surface area contributed by atoms with Gasteiger partial charge in [-0.1, -0.05) is 65.9 Å².